The summed E-state index contributed by atoms with van der Waals surface area (Å²) in [5.41, 5.74) is 5.96. The Morgan fingerprint density at radius 2 is 2.21 bits per heavy atom. The number of benzene rings is 1. The third-order valence-corrected chi connectivity index (χ3v) is 5.96. The maximum absolute atomic E-state index is 12.3. The van der Waals surface area contributed by atoms with Gasteiger partial charge in [0.25, 0.3) is 0 Å². The zero-order valence-corrected chi connectivity index (χ0v) is 12.8. The summed E-state index contributed by atoms with van der Waals surface area (Å²) in [6.07, 6.45) is 1.06. The van der Waals surface area contributed by atoms with Crippen LogP contribution in [-0.2, 0) is 10.0 Å². The highest BCUT2D eigenvalue weighted by Crippen LogP contribution is 2.23. The first-order valence-corrected chi connectivity index (χ1v) is 9.01. The number of rotatable bonds is 5. The van der Waals surface area contributed by atoms with E-state index in [1.54, 1.807) is 18.2 Å². The minimum atomic E-state index is -3.55. The van der Waals surface area contributed by atoms with E-state index < -0.39 is 10.0 Å². The van der Waals surface area contributed by atoms with Crippen LogP contribution in [0.2, 0.25) is 0 Å². The van der Waals surface area contributed by atoms with Crippen molar-refractivity contribution in [3.05, 3.63) is 29.8 Å². The van der Waals surface area contributed by atoms with Gasteiger partial charge in [-0.05, 0) is 29.9 Å². The van der Waals surface area contributed by atoms with Crippen molar-refractivity contribution in [3.8, 4) is 0 Å². The number of nitrogens with one attached hydrogen (secondary N) is 1. The standard InChI is InChI=1S/C12H16N2O2S3/c13-12(17)10-3-1-2-4-11(10)19(15,16)14-7-9-5-6-18-8-9/h1-4,9,14H,5-8H2,(H2,13,17). The summed E-state index contributed by atoms with van der Waals surface area (Å²) in [4.78, 5) is 0.255. The molecule has 1 saturated heterocycles. The highest BCUT2D eigenvalue weighted by Gasteiger charge is 2.22. The molecule has 1 aromatic rings. The van der Waals surface area contributed by atoms with E-state index >= 15 is 0 Å². The van der Waals surface area contributed by atoms with E-state index in [2.05, 4.69) is 4.72 Å². The van der Waals surface area contributed by atoms with Crippen LogP contribution in [0.5, 0.6) is 0 Å². The fourth-order valence-corrected chi connectivity index (χ4v) is 4.82. The highest BCUT2D eigenvalue weighted by molar-refractivity contribution is 7.99. The van der Waals surface area contributed by atoms with Crippen molar-refractivity contribution < 1.29 is 8.42 Å². The summed E-state index contributed by atoms with van der Waals surface area (Å²) in [6.45, 7) is 0.473. The molecule has 1 aromatic carbocycles. The monoisotopic (exact) mass is 316 g/mol. The summed E-state index contributed by atoms with van der Waals surface area (Å²) in [7, 11) is -3.55. The van der Waals surface area contributed by atoms with Crippen LogP contribution in [0.4, 0.5) is 0 Å². The van der Waals surface area contributed by atoms with Crippen LogP contribution in [0, 0.1) is 5.92 Å². The zero-order chi connectivity index (χ0) is 13.9. The maximum Gasteiger partial charge on any atom is 0.241 e. The van der Waals surface area contributed by atoms with Gasteiger partial charge in [0, 0.05) is 12.1 Å². The molecule has 19 heavy (non-hydrogen) atoms. The molecule has 1 atom stereocenters. The summed E-state index contributed by atoms with van der Waals surface area (Å²) >= 11 is 6.75. The van der Waals surface area contributed by atoms with Crippen LogP contribution in [0.3, 0.4) is 0 Å². The topological polar surface area (TPSA) is 72.2 Å². The number of hydrogen-bond acceptors (Lipinski definition) is 4. The largest absolute Gasteiger partial charge is 0.389 e. The number of thioether (sulfide) groups is 1. The Morgan fingerprint density at radius 1 is 1.47 bits per heavy atom. The Kier molecular flexibility index (Phi) is 4.83. The van der Waals surface area contributed by atoms with E-state index in [1.165, 1.54) is 6.07 Å². The van der Waals surface area contributed by atoms with Gasteiger partial charge in [0.1, 0.15) is 4.99 Å². The van der Waals surface area contributed by atoms with E-state index in [1.807, 2.05) is 11.8 Å². The Labute approximate surface area is 123 Å². The quantitative estimate of drug-likeness (QED) is 0.802. The Balaban J connectivity index is 2.17. The van der Waals surface area contributed by atoms with E-state index in [4.69, 9.17) is 18.0 Å². The van der Waals surface area contributed by atoms with Gasteiger partial charge in [0.2, 0.25) is 10.0 Å². The molecule has 1 fully saturated rings. The van der Waals surface area contributed by atoms with Crippen LogP contribution >= 0.6 is 24.0 Å². The van der Waals surface area contributed by atoms with Gasteiger partial charge in [-0.2, -0.15) is 11.8 Å². The number of thiocarbonyl (C=S) groups is 1. The lowest BCUT2D eigenvalue weighted by Gasteiger charge is -2.13. The number of hydrogen-bond donors (Lipinski definition) is 2. The average molecular weight is 316 g/mol. The molecule has 7 heteroatoms. The van der Waals surface area contributed by atoms with Gasteiger partial charge in [0.15, 0.2) is 0 Å². The van der Waals surface area contributed by atoms with E-state index in [9.17, 15) is 8.42 Å². The molecule has 0 aromatic heterocycles. The smallest absolute Gasteiger partial charge is 0.241 e. The second-order valence-electron chi connectivity index (χ2n) is 4.44. The SMILES string of the molecule is NC(=S)c1ccccc1S(=O)(=O)NCC1CCSC1. The van der Waals surface area contributed by atoms with Crippen molar-refractivity contribution in [1.29, 1.82) is 0 Å². The van der Waals surface area contributed by atoms with Gasteiger partial charge in [-0.15, -0.1) is 0 Å². The molecule has 1 aliphatic rings. The molecule has 4 nitrogen and oxygen atoms in total. The lowest BCUT2D eigenvalue weighted by molar-refractivity contribution is 0.545. The third kappa shape index (κ3) is 3.68. The molecule has 0 aliphatic carbocycles. The molecule has 1 heterocycles. The van der Waals surface area contributed by atoms with Crippen molar-refractivity contribution in [2.24, 2.45) is 11.7 Å². The molecule has 3 N–H and O–H groups in total. The summed E-state index contributed by atoms with van der Waals surface area (Å²) < 4.78 is 27.2. The minimum Gasteiger partial charge on any atom is -0.389 e. The van der Waals surface area contributed by atoms with Crippen LogP contribution in [-0.4, -0.2) is 31.5 Å². The zero-order valence-electron chi connectivity index (χ0n) is 10.3. The fourth-order valence-electron chi connectivity index (χ4n) is 1.95. The van der Waals surface area contributed by atoms with Crippen molar-refractivity contribution in [2.45, 2.75) is 11.3 Å². The van der Waals surface area contributed by atoms with Crippen LogP contribution < -0.4 is 10.5 Å². The second-order valence-corrected chi connectivity index (χ2v) is 7.77. The average Bonchev–Trinajstić information content (AvgIpc) is 2.89. The van der Waals surface area contributed by atoms with Crippen molar-refractivity contribution in [2.75, 3.05) is 18.1 Å². The molecule has 2 rings (SSSR count). The van der Waals surface area contributed by atoms with E-state index in [0.717, 1.165) is 17.9 Å². The Bertz CT molecular complexity index is 566. The molecule has 0 spiro atoms. The van der Waals surface area contributed by atoms with Gasteiger partial charge in [-0.25, -0.2) is 13.1 Å². The summed E-state index contributed by atoms with van der Waals surface area (Å²) in [5, 5.41) is 0. The maximum atomic E-state index is 12.3. The molecule has 0 saturated carbocycles. The predicted octanol–water partition coefficient (Wildman–Crippen LogP) is 1.35. The first kappa shape index (κ1) is 14.8. The normalized spacial score (nSPS) is 19.5. The molecule has 1 unspecified atom stereocenters. The Morgan fingerprint density at radius 3 is 2.84 bits per heavy atom. The lowest BCUT2D eigenvalue weighted by atomic mass is 10.1. The summed E-state index contributed by atoms with van der Waals surface area (Å²) in [5.74, 6) is 2.53. The van der Waals surface area contributed by atoms with Crippen molar-refractivity contribution >= 4 is 39.0 Å². The summed E-state index contributed by atoms with van der Waals surface area (Å²) in [6, 6.07) is 6.55. The van der Waals surface area contributed by atoms with Crippen molar-refractivity contribution in [1.82, 2.24) is 4.72 Å². The van der Waals surface area contributed by atoms with E-state index in [0.29, 0.717) is 18.0 Å². The molecule has 1 aliphatic heterocycles. The predicted molar refractivity (Wildman–Crippen MR) is 82.9 cm³/mol. The molecule has 0 radical (unpaired) electrons. The molecular weight excluding hydrogens is 300 g/mol. The number of nitrogens with two attached hydrogens (primary N) is 1. The van der Waals surface area contributed by atoms with Gasteiger partial charge in [-0.3, -0.25) is 0 Å². The minimum absolute atomic E-state index is 0.0948. The van der Waals surface area contributed by atoms with Gasteiger partial charge < -0.3 is 5.73 Å². The van der Waals surface area contributed by atoms with Gasteiger partial charge in [0.05, 0.1) is 4.90 Å². The van der Waals surface area contributed by atoms with E-state index in [-0.39, 0.29) is 9.88 Å². The molecule has 0 amide bonds. The van der Waals surface area contributed by atoms with Crippen LogP contribution in [0.15, 0.2) is 29.2 Å². The van der Waals surface area contributed by atoms with Gasteiger partial charge in [-0.1, -0.05) is 30.4 Å². The highest BCUT2D eigenvalue weighted by atomic mass is 32.2. The lowest BCUT2D eigenvalue weighted by Crippen LogP contribution is -2.31. The van der Waals surface area contributed by atoms with Crippen LogP contribution in [0.25, 0.3) is 0 Å². The van der Waals surface area contributed by atoms with Crippen molar-refractivity contribution in [3.63, 3.8) is 0 Å². The fraction of sp³-hybridized carbons (Fsp3) is 0.417. The third-order valence-electron chi connectivity index (χ3n) is 3.03. The second kappa shape index (κ2) is 6.21. The Hall–Kier alpha value is -0.630. The first-order chi connectivity index (χ1) is 9.00. The van der Waals surface area contributed by atoms with Crippen LogP contribution in [0.1, 0.15) is 12.0 Å². The molecule has 0 bridgehead atoms. The first-order valence-electron chi connectivity index (χ1n) is 5.97. The molecule has 104 valence electrons. The molecular formula is C12H16N2O2S3. The number of sulfonamides is 1. The van der Waals surface area contributed by atoms with Gasteiger partial charge >= 0.3 is 0 Å².